The van der Waals surface area contributed by atoms with E-state index < -0.39 is 10.0 Å². The molecular weight excluding hydrogens is 500 g/mol. The summed E-state index contributed by atoms with van der Waals surface area (Å²) in [4.78, 5) is 13.9. The largest absolute Gasteiger partial charge is 0.322 e. The van der Waals surface area contributed by atoms with Crippen molar-refractivity contribution in [3.63, 3.8) is 0 Å². The number of sulfonamides is 1. The van der Waals surface area contributed by atoms with Crippen molar-refractivity contribution >= 4 is 50.7 Å². The minimum absolute atomic E-state index is 0.0750. The number of benzene rings is 4. The Labute approximate surface area is 214 Å². The number of thioether (sulfide) groups is 1. The second-order valence-electron chi connectivity index (χ2n) is 7.82. The van der Waals surface area contributed by atoms with E-state index in [0.717, 1.165) is 16.2 Å². The highest BCUT2D eigenvalue weighted by Gasteiger charge is 2.16. The van der Waals surface area contributed by atoms with E-state index in [2.05, 4.69) is 10.0 Å². The molecule has 5 nitrogen and oxygen atoms in total. The number of amides is 1. The van der Waals surface area contributed by atoms with Crippen LogP contribution in [0, 0.1) is 6.92 Å². The normalized spacial score (nSPS) is 11.1. The molecule has 0 aliphatic carbocycles. The fourth-order valence-electron chi connectivity index (χ4n) is 3.30. The summed E-state index contributed by atoms with van der Waals surface area (Å²) >= 11 is 7.68. The van der Waals surface area contributed by atoms with E-state index in [4.69, 9.17) is 11.6 Å². The first-order valence-electron chi connectivity index (χ1n) is 10.8. The molecule has 0 heterocycles. The predicted octanol–water partition coefficient (Wildman–Crippen LogP) is 6.99. The average Bonchev–Trinajstić information content (AvgIpc) is 2.86. The summed E-state index contributed by atoms with van der Waals surface area (Å²) in [5, 5.41) is 3.33. The Morgan fingerprint density at radius 1 is 0.857 bits per heavy atom. The van der Waals surface area contributed by atoms with E-state index >= 15 is 0 Å². The second kappa shape index (κ2) is 11.0. The molecule has 0 saturated heterocycles. The second-order valence-corrected chi connectivity index (χ2v) is 10.9. The van der Waals surface area contributed by atoms with Crippen LogP contribution < -0.4 is 10.0 Å². The molecule has 178 valence electrons. The molecule has 8 heteroatoms. The van der Waals surface area contributed by atoms with Gasteiger partial charge in [0.2, 0.25) is 0 Å². The van der Waals surface area contributed by atoms with Crippen molar-refractivity contribution in [2.24, 2.45) is 0 Å². The van der Waals surface area contributed by atoms with Gasteiger partial charge in [0.1, 0.15) is 0 Å². The molecule has 0 aliphatic rings. The molecule has 0 aromatic heterocycles. The first-order valence-corrected chi connectivity index (χ1v) is 13.6. The van der Waals surface area contributed by atoms with Gasteiger partial charge in [0.05, 0.1) is 16.1 Å². The predicted molar refractivity (Wildman–Crippen MR) is 144 cm³/mol. The van der Waals surface area contributed by atoms with Crippen LogP contribution in [0.1, 0.15) is 21.5 Å². The lowest BCUT2D eigenvalue weighted by Gasteiger charge is -2.12. The number of aryl methyl sites for hydroxylation is 1. The van der Waals surface area contributed by atoms with Gasteiger partial charge in [-0.3, -0.25) is 9.52 Å². The Balaban J connectivity index is 1.44. The fourth-order valence-corrected chi connectivity index (χ4v) is 5.54. The summed E-state index contributed by atoms with van der Waals surface area (Å²) < 4.78 is 28.0. The summed E-state index contributed by atoms with van der Waals surface area (Å²) in [6.07, 6.45) is 0. The maximum absolute atomic E-state index is 13.0. The third-order valence-corrected chi connectivity index (χ3v) is 8.16. The van der Waals surface area contributed by atoms with Crippen molar-refractivity contribution in [2.75, 3.05) is 10.0 Å². The van der Waals surface area contributed by atoms with Gasteiger partial charge in [-0.15, -0.1) is 11.8 Å². The molecule has 0 bridgehead atoms. The minimum atomic E-state index is -3.81. The van der Waals surface area contributed by atoms with Gasteiger partial charge in [0.25, 0.3) is 15.9 Å². The summed E-state index contributed by atoms with van der Waals surface area (Å²) in [6.45, 7) is 1.84. The molecular formula is C27H23ClN2O3S2. The van der Waals surface area contributed by atoms with Gasteiger partial charge < -0.3 is 5.32 Å². The number of carbonyl (C=O) groups excluding carboxylic acids is 1. The SMILES string of the molecule is Cc1ccc(NS(=O)(=O)c2ccc(NC(=O)c3ccccc3SCc3ccccc3)cc2)cc1Cl. The quantitative estimate of drug-likeness (QED) is 0.244. The van der Waals surface area contributed by atoms with Crippen LogP contribution in [-0.4, -0.2) is 14.3 Å². The lowest BCUT2D eigenvalue weighted by atomic mass is 10.2. The number of hydrogen-bond donors (Lipinski definition) is 2. The molecule has 0 aliphatic heterocycles. The molecule has 4 aromatic carbocycles. The lowest BCUT2D eigenvalue weighted by Crippen LogP contribution is -2.14. The monoisotopic (exact) mass is 522 g/mol. The molecule has 0 spiro atoms. The van der Waals surface area contributed by atoms with E-state index in [0.29, 0.717) is 22.0 Å². The van der Waals surface area contributed by atoms with Crippen molar-refractivity contribution in [1.82, 2.24) is 0 Å². The number of nitrogens with one attached hydrogen (secondary N) is 2. The summed E-state index contributed by atoms with van der Waals surface area (Å²) in [7, 11) is -3.81. The molecule has 0 radical (unpaired) electrons. The van der Waals surface area contributed by atoms with Crippen LogP contribution in [0.25, 0.3) is 0 Å². The zero-order valence-electron chi connectivity index (χ0n) is 18.9. The Morgan fingerprint density at radius 3 is 2.23 bits per heavy atom. The number of rotatable bonds is 8. The van der Waals surface area contributed by atoms with Crippen LogP contribution in [0.4, 0.5) is 11.4 Å². The zero-order chi connectivity index (χ0) is 24.8. The van der Waals surface area contributed by atoms with E-state index in [9.17, 15) is 13.2 Å². The summed E-state index contributed by atoms with van der Waals surface area (Å²) in [5.74, 6) is 0.487. The molecule has 4 aromatic rings. The van der Waals surface area contributed by atoms with Gasteiger partial charge in [-0.1, -0.05) is 60.1 Å². The maximum Gasteiger partial charge on any atom is 0.261 e. The van der Waals surface area contributed by atoms with Gasteiger partial charge in [0.15, 0.2) is 0 Å². The van der Waals surface area contributed by atoms with E-state index in [1.165, 1.54) is 17.7 Å². The van der Waals surface area contributed by atoms with Crippen molar-refractivity contribution in [3.05, 3.63) is 119 Å². The highest BCUT2D eigenvalue weighted by atomic mass is 35.5. The van der Waals surface area contributed by atoms with Crippen molar-refractivity contribution in [3.8, 4) is 0 Å². The molecule has 0 fully saturated rings. The van der Waals surface area contributed by atoms with Crippen LogP contribution in [0.3, 0.4) is 0 Å². The molecule has 35 heavy (non-hydrogen) atoms. The molecule has 0 saturated carbocycles. The van der Waals surface area contributed by atoms with Crippen molar-refractivity contribution < 1.29 is 13.2 Å². The van der Waals surface area contributed by atoms with Crippen LogP contribution in [-0.2, 0) is 15.8 Å². The highest BCUT2D eigenvalue weighted by Crippen LogP contribution is 2.27. The van der Waals surface area contributed by atoms with E-state index in [1.54, 1.807) is 48.2 Å². The molecule has 1 amide bonds. The smallest absolute Gasteiger partial charge is 0.261 e. The van der Waals surface area contributed by atoms with Crippen LogP contribution in [0.2, 0.25) is 5.02 Å². The third-order valence-electron chi connectivity index (χ3n) is 5.22. The zero-order valence-corrected chi connectivity index (χ0v) is 21.3. The van der Waals surface area contributed by atoms with Crippen LogP contribution in [0.15, 0.2) is 107 Å². The first-order chi connectivity index (χ1) is 16.8. The van der Waals surface area contributed by atoms with Gasteiger partial charge in [-0.05, 0) is 66.6 Å². The van der Waals surface area contributed by atoms with Gasteiger partial charge in [-0.2, -0.15) is 0 Å². The van der Waals surface area contributed by atoms with Crippen LogP contribution >= 0.6 is 23.4 Å². The summed E-state index contributed by atoms with van der Waals surface area (Å²) in [5.41, 5.74) is 3.46. The number of hydrogen-bond acceptors (Lipinski definition) is 4. The van der Waals surface area contributed by atoms with Crippen molar-refractivity contribution in [1.29, 1.82) is 0 Å². The van der Waals surface area contributed by atoms with Crippen LogP contribution in [0.5, 0.6) is 0 Å². The Morgan fingerprint density at radius 2 is 1.51 bits per heavy atom. The molecule has 2 N–H and O–H groups in total. The number of carbonyl (C=O) groups is 1. The van der Waals surface area contributed by atoms with E-state index in [1.807, 2.05) is 55.5 Å². The van der Waals surface area contributed by atoms with Gasteiger partial charge in [0, 0.05) is 21.4 Å². The molecule has 0 unspecified atom stereocenters. The average molecular weight is 523 g/mol. The first kappa shape index (κ1) is 24.9. The Kier molecular flexibility index (Phi) is 7.80. The van der Waals surface area contributed by atoms with Crippen molar-refractivity contribution in [2.45, 2.75) is 22.5 Å². The molecule has 0 atom stereocenters. The highest BCUT2D eigenvalue weighted by molar-refractivity contribution is 7.98. The number of anilines is 2. The topological polar surface area (TPSA) is 75.3 Å². The number of halogens is 1. The van der Waals surface area contributed by atoms with Gasteiger partial charge >= 0.3 is 0 Å². The minimum Gasteiger partial charge on any atom is -0.322 e. The van der Waals surface area contributed by atoms with E-state index in [-0.39, 0.29) is 10.8 Å². The lowest BCUT2D eigenvalue weighted by molar-refractivity contribution is 0.102. The molecule has 4 rings (SSSR count). The maximum atomic E-state index is 13.0. The summed E-state index contributed by atoms with van der Waals surface area (Å²) in [6, 6.07) is 28.5. The standard InChI is InChI=1S/C27H23ClN2O3S2/c1-19-11-12-22(17-25(19)28)30-35(32,33)23-15-13-21(14-16-23)29-27(31)24-9-5-6-10-26(24)34-18-20-7-3-2-4-8-20/h2-17,30H,18H2,1H3,(H,29,31). The third kappa shape index (κ3) is 6.45. The Bertz CT molecular complexity index is 1440. The Hall–Kier alpha value is -3.26. The fraction of sp³-hybridized carbons (Fsp3) is 0.0741. The van der Waals surface area contributed by atoms with Gasteiger partial charge in [-0.25, -0.2) is 8.42 Å².